The highest BCUT2D eigenvalue weighted by molar-refractivity contribution is 6.30. The first-order valence-corrected chi connectivity index (χ1v) is 11.7. The molecule has 33 heavy (non-hydrogen) atoms. The van der Waals surface area contributed by atoms with Gasteiger partial charge in [0.15, 0.2) is 5.82 Å². The quantitative estimate of drug-likeness (QED) is 0.361. The molecule has 1 aliphatic heterocycles. The van der Waals surface area contributed by atoms with Gasteiger partial charge in [-0.2, -0.15) is 0 Å². The Hall–Kier alpha value is -3.50. The van der Waals surface area contributed by atoms with E-state index in [1.807, 2.05) is 42.6 Å². The molecule has 0 bridgehead atoms. The minimum absolute atomic E-state index is 0.144. The molecular formula is C28H23ClN4. The molecule has 2 aliphatic rings. The van der Waals surface area contributed by atoms with Gasteiger partial charge < -0.3 is 4.90 Å². The van der Waals surface area contributed by atoms with E-state index >= 15 is 0 Å². The third-order valence-corrected chi connectivity index (χ3v) is 7.08. The van der Waals surface area contributed by atoms with Crippen molar-refractivity contribution in [2.75, 3.05) is 18.0 Å². The van der Waals surface area contributed by atoms with Crippen molar-refractivity contribution in [3.8, 4) is 22.6 Å². The monoisotopic (exact) mass is 450 g/mol. The zero-order chi connectivity index (χ0) is 22.3. The number of nitrogens with zero attached hydrogens (tertiary/aromatic N) is 4. The van der Waals surface area contributed by atoms with Crippen molar-refractivity contribution in [3.63, 3.8) is 0 Å². The van der Waals surface area contributed by atoms with Gasteiger partial charge in [-0.15, -0.1) is 0 Å². The Morgan fingerprint density at radius 1 is 0.848 bits per heavy atom. The van der Waals surface area contributed by atoms with Gasteiger partial charge in [0.2, 0.25) is 0 Å². The molecule has 3 heterocycles. The zero-order valence-corrected chi connectivity index (χ0v) is 18.9. The van der Waals surface area contributed by atoms with Gasteiger partial charge in [-0.25, -0.2) is 9.97 Å². The molecule has 2 aromatic carbocycles. The molecule has 1 saturated heterocycles. The molecule has 1 aliphatic carbocycles. The third-order valence-electron chi connectivity index (χ3n) is 6.83. The summed E-state index contributed by atoms with van der Waals surface area (Å²) in [4.78, 5) is 16.5. The molecule has 0 unspecified atom stereocenters. The van der Waals surface area contributed by atoms with Crippen molar-refractivity contribution >= 4 is 23.5 Å². The molecular weight excluding hydrogens is 428 g/mol. The average molecular weight is 451 g/mol. The van der Waals surface area contributed by atoms with Gasteiger partial charge in [0, 0.05) is 53.1 Å². The van der Waals surface area contributed by atoms with Gasteiger partial charge in [0.1, 0.15) is 5.82 Å². The predicted molar refractivity (Wildman–Crippen MR) is 134 cm³/mol. The van der Waals surface area contributed by atoms with Crippen LogP contribution in [0.2, 0.25) is 5.02 Å². The third kappa shape index (κ3) is 3.70. The van der Waals surface area contributed by atoms with E-state index in [0.717, 1.165) is 48.6 Å². The summed E-state index contributed by atoms with van der Waals surface area (Å²) < 4.78 is 0. The highest BCUT2D eigenvalue weighted by Crippen LogP contribution is 2.44. The second-order valence-electron chi connectivity index (χ2n) is 8.75. The smallest absolute Gasteiger partial charge is 0.163 e. The topological polar surface area (TPSA) is 41.9 Å². The molecule has 5 heteroatoms. The summed E-state index contributed by atoms with van der Waals surface area (Å²) in [6.07, 6.45) is 10.4. The van der Waals surface area contributed by atoms with Crippen LogP contribution in [0.5, 0.6) is 0 Å². The number of aromatic nitrogens is 3. The summed E-state index contributed by atoms with van der Waals surface area (Å²) in [6, 6.07) is 22.6. The van der Waals surface area contributed by atoms with E-state index in [1.165, 1.54) is 11.1 Å². The predicted octanol–water partition coefficient (Wildman–Crippen LogP) is 6.42. The lowest BCUT2D eigenvalue weighted by Gasteiger charge is -2.40. The number of pyridine rings is 1. The minimum Gasteiger partial charge on any atom is -0.356 e. The van der Waals surface area contributed by atoms with Crippen LogP contribution in [0.3, 0.4) is 0 Å². The number of fused-ring (bicyclic) bond motifs is 2. The van der Waals surface area contributed by atoms with Crippen LogP contribution in [0.4, 0.5) is 5.82 Å². The Balaban J connectivity index is 1.35. The van der Waals surface area contributed by atoms with Crippen LogP contribution < -0.4 is 4.90 Å². The number of piperidine rings is 1. The Bertz CT molecular complexity index is 1320. The number of halogens is 1. The van der Waals surface area contributed by atoms with Crippen LogP contribution in [-0.4, -0.2) is 28.0 Å². The first-order valence-electron chi connectivity index (χ1n) is 11.3. The van der Waals surface area contributed by atoms with Gasteiger partial charge in [-0.3, -0.25) is 4.98 Å². The summed E-state index contributed by atoms with van der Waals surface area (Å²) in [5.74, 6) is 1.65. The highest BCUT2D eigenvalue weighted by atomic mass is 35.5. The molecule has 4 aromatic rings. The van der Waals surface area contributed by atoms with Crippen LogP contribution in [0.15, 0.2) is 85.2 Å². The molecule has 6 rings (SSSR count). The van der Waals surface area contributed by atoms with Crippen molar-refractivity contribution < 1.29 is 0 Å². The summed E-state index contributed by atoms with van der Waals surface area (Å²) in [6.45, 7) is 1.89. The molecule has 0 atom stereocenters. The van der Waals surface area contributed by atoms with Crippen molar-refractivity contribution in [2.45, 2.75) is 18.3 Å². The van der Waals surface area contributed by atoms with Gasteiger partial charge in [-0.05, 0) is 48.2 Å². The maximum atomic E-state index is 6.12. The van der Waals surface area contributed by atoms with Crippen LogP contribution in [-0.2, 0) is 5.41 Å². The second-order valence-corrected chi connectivity index (χ2v) is 9.18. The van der Waals surface area contributed by atoms with Crippen molar-refractivity contribution in [3.05, 3.63) is 101 Å². The van der Waals surface area contributed by atoms with Gasteiger partial charge >= 0.3 is 0 Å². The number of allylic oxidation sites excluding steroid dienone is 1. The first kappa shape index (κ1) is 20.1. The average Bonchev–Trinajstić information content (AvgIpc) is 3.23. The lowest BCUT2D eigenvalue weighted by molar-refractivity contribution is 0.410. The Labute approximate surface area is 198 Å². The summed E-state index contributed by atoms with van der Waals surface area (Å²) in [7, 11) is 0. The van der Waals surface area contributed by atoms with E-state index in [2.05, 4.69) is 52.4 Å². The fourth-order valence-corrected chi connectivity index (χ4v) is 5.12. The van der Waals surface area contributed by atoms with Crippen LogP contribution in [0.25, 0.3) is 28.7 Å². The number of rotatable bonds is 3. The van der Waals surface area contributed by atoms with Gasteiger partial charge in [0.25, 0.3) is 0 Å². The molecule has 0 N–H and O–H groups in total. The molecule has 2 aromatic heterocycles. The second kappa shape index (κ2) is 8.13. The van der Waals surface area contributed by atoms with Crippen LogP contribution in [0.1, 0.15) is 24.0 Å². The van der Waals surface area contributed by atoms with Gasteiger partial charge in [0.05, 0.1) is 5.69 Å². The zero-order valence-electron chi connectivity index (χ0n) is 18.2. The molecule has 162 valence electrons. The number of hydrogen-bond acceptors (Lipinski definition) is 4. The van der Waals surface area contributed by atoms with E-state index in [4.69, 9.17) is 21.6 Å². The molecule has 0 radical (unpaired) electrons. The normalized spacial score (nSPS) is 16.2. The lowest BCUT2D eigenvalue weighted by atomic mass is 9.74. The van der Waals surface area contributed by atoms with Crippen molar-refractivity contribution in [1.82, 2.24) is 15.0 Å². The standard InChI is InChI=1S/C28H23ClN4/c29-23-9-7-21(8-10-23)25-18-26(32-27(31-25)22-5-3-15-30-19-22)33-16-13-28(14-17-33)12-11-20-4-1-2-6-24(20)28/h1-12,15,18-19H,13-14,16-17H2. The Kier molecular flexibility index (Phi) is 4.96. The molecule has 4 nitrogen and oxygen atoms in total. The van der Waals surface area contributed by atoms with Crippen molar-refractivity contribution in [1.29, 1.82) is 0 Å². The largest absolute Gasteiger partial charge is 0.356 e. The maximum absolute atomic E-state index is 6.12. The minimum atomic E-state index is 0.144. The Morgan fingerprint density at radius 2 is 1.67 bits per heavy atom. The molecule has 0 amide bonds. The van der Waals surface area contributed by atoms with Crippen LogP contribution >= 0.6 is 11.6 Å². The molecule has 0 saturated carbocycles. The SMILES string of the molecule is Clc1ccc(-c2cc(N3CCC4(C=Cc5ccccc54)CC3)nc(-c3cccnc3)n2)cc1. The van der Waals surface area contributed by atoms with Crippen molar-refractivity contribution in [2.24, 2.45) is 0 Å². The summed E-state index contributed by atoms with van der Waals surface area (Å²) in [5, 5.41) is 0.715. The maximum Gasteiger partial charge on any atom is 0.163 e. The molecule has 1 fully saturated rings. The van der Waals surface area contributed by atoms with Gasteiger partial charge in [-0.1, -0.05) is 60.2 Å². The fourth-order valence-electron chi connectivity index (χ4n) is 4.99. The lowest BCUT2D eigenvalue weighted by Crippen LogP contribution is -2.41. The number of hydrogen-bond donors (Lipinski definition) is 0. The van der Waals surface area contributed by atoms with E-state index in [0.29, 0.717) is 10.8 Å². The fraction of sp³-hybridized carbons (Fsp3) is 0.179. The van der Waals surface area contributed by atoms with E-state index < -0.39 is 0 Å². The number of benzene rings is 2. The first-order chi connectivity index (χ1) is 16.2. The number of anilines is 1. The van der Waals surface area contributed by atoms with E-state index in [1.54, 1.807) is 6.20 Å². The highest BCUT2D eigenvalue weighted by Gasteiger charge is 2.38. The molecule has 1 spiro atoms. The van der Waals surface area contributed by atoms with E-state index in [-0.39, 0.29) is 5.41 Å². The summed E-state index contributed by atoms with van der Waals surface area (Å²) >= 11 is 6.12. The van der Waals surface area contributed by atoms with Crippen LogP contribution in [0, 0.1) is 0 Å². The summed E-state index contributed by atoms with van der Waals surface area (Å²) in [5.41, 5.74) is 5.79. The van der Waals surface area contributed by atoms with E-state index in [9.17, 15) is 0 Å². The Morgan fingerprint density at radius 3 is 2.45 bits per heavy atom.